The van der Waals surface area contributed by atoms with Gasteiger partial charge in [-0.25, -0.2) is 0 Å². The molecule has 2 nitrogen and oxygen atoms in total. The van der Waals surface area contributed by atoms with E-state index in [0.29, 0.717) is 12.0 Å². The van der Waals surface area contributed by atoms with Crippen molar-refractivity contribution in [3.63, 3.8) is 0 Å². The van der Waals surface area contributed by atoms with Gasteiger partial charge in [-0.15, -0.1) is 0 Å². The fraction of sp³-hybridized carbons (Fsp3) is 0.571. The third-order valence-electron chi connectivity index (χ3n) is 3.01. The van der Waals surface area contributed by atoms with Crippen molar-refractivity contribution < 1.29 is 4.74 Å². The molecule has 1 fully saturated rings. The first-order chi connectivity index (χ1) is 8.15. The summed E-state index contributed by atoms with van der Waals surface area (Å²) in [4.78, 5) is 0. The normalized spacial score (nSPS) is 25.2. The highest BCUT2D eigenvalue weighted by Gasteiger charge is 2.23. The van der Waals surface area contributed by atoms with Crippen molar-refractivity contribution in [1.82, 2.24) is 5.32 Å². The lowest BCUT2D eigenvalue weighted by atomic mass is 10.0. The Hall–Kier alpha value is -0.380. The van der Waals surface area contributed by atoms with E-state index in [2.05, 4.69) is 53.3 Å². The summed E-state index contributed by atoms with van der Waals surface area (Å²) >= 11 is 3.51. The summed E-state index contributed by atoms with van der Waals surface area (Å²) in [5.74, 6) is 0.683. The van der Waals surface area contributed by atoms with Crippen LogP contribution in [0.2, 0.25) is 0 Å². The van der Waals surface area contributed by atoms with Crippen LogP contribution >= 0.6 is 15.9 Å². The van der Waals surface area contributed by atoms with Crippen LogP contribution < -0.4 is 5.32 Å². The fourth-order valence-corrected chi connectivity index (χ4v) is 2.69. The Kier molecular flexibility index (Phi) is 4.60. The summed E-state index contributed by atoms with van der Waals surface area (Å²) in [6.45, 7) is 6.37. The van der Waals surface area contributed by atoms with Gasteiger partial charge in [-0.2, -0.15) is 0 Å². The lowest BCUT2D eigenvalue weighted by molar-refractivity contribution is -0.0474. The molecule has 0 radical (unpaired) electrons. The van der Waals surface area contributed by atoms with Crippen molar-refractivity contribution in [2.24, 2.45) is 5.92 Å². The van der Waals surface area contributed by atoms with Crippen LogP contribution in [0.3, 0.4) is 0 Å². The number of hydrogen-bond donors (Lipinski definition) is 1. The molecule has 17 heavy (non-hydrogen) atoms. The average molecular weight is 298 g/mol. The van der Waals surface area contributed by atoms with E-state index in [1.54, 1.807) is 0 Å². The number of morpholine rings is 1. The van der Waals surface area contributed by atoms with Crippen molar-refractivity contribution in [3.8, 4) is 0 Å². The van der Waals surface area contributed by atoms with Gasteiger partial charge in [0.1, 0.15) is 0 Å². The highest BCUT2D eigenvalue weighted by Crippen LogP contribution is 2.25. The third-order valence-corrected chi connectivity index (χ3v) is 3.51. The molecule has 0 spiro atoms. The molecule has 1 aliphatic rings. The maximum absolute atomic E-state index is 6.15. The standard InChI is InChI=1S/C14H20BrNO/c1-10(2)6-13-8-16-9-14(17-13)11-4-3-5-12(15)7-11/h3-5,7,10,13-14,16H,6,8-9H2,1-2H3. The zero-order valence-corrected chi connectivity index (χ0v) is 12.0. The van der Waals surface area contributed by atoms with Crippen LogP contribution in [0.15, 0.2) is 28.7 Å². The molecule has 1 aromatic carbocycles. The Labute approximate surface area is 112 Å². The quantitative estimate of drug-likeness (QED) is 0.922. The number of rotatable bonds is 3. The monoisotopic (exact) mass is 297 g/mol. The van der Waals surface area contributed by atoms with Gasteiger partial charge in [-0.3, -0.25) is 0 Å². The van der Waals surface area contributed by atoms with Crippen LogP contribution in [0.25, 0.3) is 0 Å². The van der Waals surface area contributed by atoms with Crippen molar-refractivity contribution in [1.29, 1.82) is 0 Å². The smallest absolute Gasteiger partial charge is 0.0954 e. The summed E-state index contributed by atoms with van der Waals surface area (Å²) in [5, 5.41) is 3.47. The van der Waals surface area contributed by atoms with Crippen LogP contribution in [0.4, 0.5) is 0 Å². The molecule has 1 aliphatic heterocycles. The van der Waals surface area contributed by atoms with Gasteiger partial charge in [-0.1, -0.05) is 41.9 Å². The van der Waals surface area contributed by atoms with Gasteiger partial charge in [0.15, 0.2) is 0 Å². The molecule has 0 bridgehead atoms. The zero-order chi connectivity index (χ0) is 12.3. The zero-order valence-electron chi connectivity index (χ0n) is 10.4. The molecule has 1 aromatic rings. The molecule has 2 unspecified atom stereocenters. The van der Waals surface area contributed by atoms with E-state index in [0.717, 1.165) is 24.0 Å². The molecule has 3 heteroatoms. The first-order valence-corrected chi connectivity index (χ1v) is 7.06. The highest BCUT2D eigenvalue weighted by atomic mass is 79.9. The van der Waals surface area contributed by atoms with Gasteiger partial charge in [0, 0.05) is 17.6 Å². The summed E-state index contributed by atoms with van der Waals surface area (Å²) in [6, 6.07) is 8.39. The Morgan fingerprint density at radius 1 is 1.41 bits per heavy atom. The number of benzene rings is 1. The Bertz CT molecular complexity index is 367. The van der Waals surface area contributed by atoms with Crippen LogP contribution in [0.5, 0.6) is 0 Å². The molecule has 2 rings (SSSR count). The van der Waals surface area contributed by atoms with Gasteiger partial charge in [0.25, 0.3) is 0 Å². The molecule has 0 aromatic heterocycles. The highest BCUT2D eigenvalue weighted by molar-refractivity contribution is 9.10. The molecule has 2 atom stereocenters. The summed E-state index contributed by atoms with van der Waals surface area (Å²) < 4.78 is 7.27. The van der Waals surface area contributed by atoms with Gasteiger partial charge < -0.3 is 10.1 Å². The van der Waals surface area contributed by atoms with E-state index in [1.165, 1.54) is 5.56 Å². The second-order valence-electron chi connectivity index (χ2n) is 5.09. The number of ether oxygens (including phenoxy) is 1. The second-order valence-corrected chi connectivity index (χ2v) is 6.01. The van der Waals surface area contributed by atoms with E-state index >= 15 is 0 Å². The van der Waals surface area contributed by atoms with Gasteiger partial charge in [0.2, 0.25) is 0 Å². The van der Waals surface area contributed by atoms with Gasteiger partial charge >= 0.3 is 0 Å². The van der Waals surface area contributed by atoms with Crippen LogP contribution in [-0.4, -0.2) is 19.2 Å². The van der Waals surface area contributed by atoms with Crippen molar-refractivity contribution in [2.75, 3.05) is 13.1 Å². The minimum atomic E-state index is 0.185. The molecule has 0 saturated carbocycles. The Morgan fingerprint density at radius 3 is 2.94 bits per heavy atom. The molecule has 0 aliphatic carbocycles. The van der Waals surface area contributed by atoms with Crippen molar-refractivity contribution in [3.05, 3.63) is 34.3 Å². The van der Waals surface area contributed by atoms with E-state index in [4.69, 9.17) is 4.74 Å². The van der Waals surface area contributed by atoms with Crippen molar-refractivity contribution in [2.45, 2.75) is 32.5 Å². The first kappa shape index (κ1) is 13.1. The lowest BCUT2D eigenvalue weighted by Gasteiger charge is -2.32. The minimum absolute atomic E-state index is 0.185. The topological polar surface area (TPSA) is 21.3 Å². The summed E-state index contributed by atoms with van der Waals surface area (Å²) in [6.07, 6.45) is 1.65. The molecule has 1 heterocycles. The molecule has 1 saturated heterocycles. The maximum Gasteiger partial charge on any atom is 0.0954 e. The predicted octanol–water partition coefficient (Wildman–Crippen LogP) is 3.52. The van der Waals surface area contributed by atoms with E-state index < -0.39 is 0 Å². The van der Waals surface area contributed by atoms with E-state index in [9.17, 15) is 0 Å². The Morgan fingerprint density at radius 2 is 2.24 bits per heavy atom. The third kappa shape index (κ3) is 3.80. The van der Waals surface area contributed by atoms with Crippen LogP contribution in [0.1, 0.15) is 31.9 Å². The first-order valence-electron chi connectivity index (χ1n) is 6.27. The van der Waals surface area contributed by atoms with E-state index in [1.807, 2.05) is 6.07 Å². The second kappa shape index (κ2) is 5.98. The average Bonchev–Trinajstić information content (AvgIpc) is 2.28. The minimum Gasteiger partial charge on any atom is -0.368 e. The maximum atomic E-state index is 6.15. The number of hydrogen-bond acceptors (Lipinski definition) is 2. The molecule has 94 valence electrons. The summed E-state index contributed by atoms with van der Waals surface area (Å²) in [5.41, 5.74) is 1.25. The molecule has 1 N–H and O–H groups in total. The molecular formula is C14H20BrNO. The van der Waals surface area contributed by atoms with E-state index in [-0.39, 0.29) is 6.10 Å². The van der Waals surface area contributed by atoms with Crippen LogP contribution in [0, 0.1) is 5.92 Å². The summed E-state index contributed by atoms with van der Waals surface area (Å²) in [7, 11) is 0. The molecule has 0 amide bonds. The SMILES string of the molecule is CC(C)CC1CNCC(c2cccc(Br)c2)O1. The number of halogens is 1. The predicted molar refractivity (Wildman–Crippen MR) is 74.1 cm³/mol. The lowest BCUT2D eigenvalue weighted by Crippen LogP contribution is -2.41. The fourth-order valence-electron chi connectivity index (χ4n) is 2.27. The molecular weight excluding hydrogens is 278 g/mol. The van der Waals surface area contributed by atoms with Gasteiger partial charge in [-0.05, 0) is 30.0 Å². The largest absolute Gasteiger partial charge is 0.368 e. The van der Waals surface area contributed by atoms with Gasteiger partial charge in [0.05, 0.1) is 12.2 Å². The van der Waals surface area contributed by atoms with Crippen LogP contribution in [-0.2, 0) is 4.74 Å². The van der Waals surface area contributed by atoms with Crippen molar-refractivity contribution >= 4 is 15.9 Å². The number of nitrogens with one attached hydrogen (secondary N) is 1. The Balaban J connectivity index is 2.02.